The fourth-order valence-electron chi connectivity index (χ4n) is 10.6. The largest absolute Gasteiger partial charge is 0.456 e. The van der Waals surface area contributed by atoms with Crippen molar-refractivity contribution in [3.8, 4) is 0 Å². The summed E-state index contributed by atoms with van der Waals surface area (Å²) in [4.78, 5) is 43.7. The molecule has 0 aromatic heterocycles. The van der Waals surface area contributed by atoms with Gasteiger partial charge in [-0.05, 0) is 54.5 Å². The minimum Gasteiger partial charge on any atom is -0.456 e. The van der Waals surface area contributed by atoms with E-state index in [0.717, 1.165) is 5.69 Å². The van der Waals surface area contributed by atoms with Crippen LogP contribution in [-0.4, -0.2) is 83.3 Å². The molecule has 0 spiro atoms. The lowest BCUT2D eigenvalue weighted by atomic mass is 9.40. The van der Waals surface area contributed by atoms with Crippen LogP contribution in [0.5, 0.6) is 0 Å². The number of hydrogen-bond donors (Lipinski definition) is 4. The number of carbonyl (C=O) groups is 3. The molecule has 2 aromatic rings. The third kappa shape index (κ3) is 5.75. The van der Waals surface area contributed by atoms with E-state index in [9.17, 15) is 19.8 Å². The number of amides is 1. The second-order valence-electron chi connectivity index (χ2n) is 16.5. The quantitative estimate of drug-likeness (QED) is 0.162. The molecular formula is C41H55N3O8. The second kappa shape index (κ2) is 13.6. The normalized spacial score (nSPS) is 36.1. The lowest BCUT2D eigenvalue weighted by Gasteiger charge is -2.69. The van der Waals surface area contributed by atoms with E-state index in [2.05, 4.69) is 12.2 Å². The molecule has 11 atom stereocenters. The highest BCUT2D eigenvalue weighted by molar-refractivity contribution is 5.91. The Balaban J connectivity index is 1.40. The van der Waals surface area contributed by atoms with Gasteiger partial charge in [0, 0.05) is 42.3 Å². The SMILES string of the molecule is CC1=C2[C@@H](C)C(=O)[C@]3(C)[C@@H](OC(=O)N(C)CN)C[C@H]4OC[C@@]4(C)[C@H]3[C@H](C)[C@](O)(C[C@@H]1OC(=O)[C@H](O)[C@@H](Nc1ccccc1)c1ccccc1)C2(C)C. The van der Waals surface area contributed by atoms with Gasteiger partial charge in [0.05, 0.1) is 36.4 Å². The van der Waals surface area contributed by atoms with E-state index < -0.39 is 76.0 Å². The van der Waals surface area contributed by atoms with E-state index in [1.165, 1.54) is 4.90 Å². The number of para-hydroxylation sites is 1. The maximum Gasteiger partial charge on any atom is 0.410 e. The molecule has 4 aliphatic rings. The highest BCUT2D eigenvalue weighted by atomic mass is 16.6. The first-order valence-corrected chi connectivity index (χ1v) is 18.4. The number of nitrogens with zero attached hydrogens (tertiary/aromatic N) is 1. The van der Waals surface area contributed by atoms with Gasteiger partial charge in [-0.15, -0.1) is 0 Å². The van der Waals surface area contributed by atoms with Crippen LogP contribution in [0, 0.1) is 34.0 Å². The number of esters is 1. The van der Waals surface area contributed by atoms with Crippen molar-refractivity contribution in [1.82, 2.24) is 4.90 Å². The maximum atomic E-state index is 15.2. The summed E-state index contributed by atoms with van der Waals surface area (Å²) in [6.45, 7) is 13.9. The first-order valence-electron chi connectivity index (χ1n) is 18.4. The number of aliphatic hydroxyl groups excluding tert-OH is 1. The van der Waals surface area contributed by atoms with Gasteiger partial charge < -0.3 is 35.5 Å². The van der Waals surface area contributed by atoms with Crippen molar-refractivity contribution < 1.29 is 38.8 Å². The van der Waals surface area contributed by atoms with Crippen LogP contribution in [0.1, 0.15) is 72.9 Å². The maximum absolute atomic E-state index is 15.2. The van der Waals surface area contributed by atoms with Gasteiger partial charge in [0.15, 0.2) is 6.10 Å². The van der Waals surface area contributed by atoms with Crippen LogP contribution in [0.15, 0.2) is 71.8 Å². The highest BCUT2D eigenvalue weighted by Gasteiger charge is 2.73. The minimum atomic E-state index is -1.60. The van der Waals surface area contributed by atoms with Crippen LogP contribution >= 0.6 is 0 Å². The smallest absolute Gasteiger partial charge is 0.410 e. The van der Waals surface area contributed by atoms with Gasteiger partial charge in [-0.2, -0.15) is 0 Å². The molecule has 2 saturated carbocycles. The molecule has 1 amide bonds. The second-order valence-corrected chi connectivity index (χ2v) is 16.5. The van der Waals surface area contributed by atoms with Crippen molar-refractivity contribution >= 4 is 23.5 Å². The first kappa shape index (κ1) is 38.0. The monoisotopic (exact) mass is 717 g/mol. The summed E-state index contributed by atoms with van der Waals surface area (Å²) < 4.78 is 18.4. The average molecular weight is 718 g/mol. The van der Waals surface area contributed by atoms with E-state index in [1.807, 2.05) is 102 Å². The topological polar surface area (TPSA) is 161 Å². The Hall–Kier alpha value is -3.77. The Kier molecular flexibility index (Phi) is 9.91. The Morgan fingerprint density at radius 1 is 1.04 bits per heavy atom. The lowest BCUT2D eigenvalue weighted by Crippen LogP contribution is -2.74. The van der Waals surface area contributed by atoms with Crippen molar-refractivity contribution in [2.45, 2.75) is 97.4 Å². The Bertz CT molecular complexity index is 1720. The molecule has 2 bridgehead atoms. The van der Waals surface area contributed by atoms with Crippen LogP contribution < -0.4 is 11.1 Å². The number of nitrogens with two attached hydrogens (primary N) is 1. The van der Waals surface area contributed by atoms with Gasteiger partial charge in [-0.25, -0.2) is 9.59 Å². The van der Waals surface area contributed by atoms with Crippen LogP contribution in [0.4, 0.5) is 10.5 Å². The molecule has 0 unspecified atom stereocenters. The summed E-state index contributed by atoms with van der Waals surface area (Å²) in [6.07, 6.45) is -3.86. The molecule has 3 aliphatic carbocycles. The van der Waals surface area contributed by atoms with Gasteiger partial charge in [0.25, 0.3) is 0 Å². The fraction of sp³-hybridized carbons (Fsp3) is 0.585. The summed E-state index contributed by atoms with van der Waals surface area (Å²) in [5.74, 6) is -2.67. The van der Waals surface area contributed by atoms with Crippen molar-refractivity contribution in [2.24, 2.45) is 39.7 Å². The predicted molar refractivity (Wildman–Crippen MR) is 196 cm³/mol. The zero-order chi connectivity index (χ0) is 38.0. The molecule has 11 heteroatoms. The van der Waals surface area contributed by atoms with Crippen molar-refractivity contribution in [1.29, 1.82) is 0 Å². The van der Waals surface area contributed by atoms with Gasteiger partial charge in [-0.3, -0.25) is 9.69 Å². The van der Waals surface area contributed by atoms with E-state index in [4.69, 9.17) is 19.9 Å². The summed E-state index contributed by atoms with van der Waals surface area (Å²) in [6, 6.07) is 17.7. The summed E-state index contributed by atoms with van der Waals surface area (Å²) in [7, 11) is 1.54. The van der Waals surface area contributed by atoms with E-state index >= 15 is 4.79 Å². The Morgan fingerprint density at radius 2 is 1.65 bits per heavy atom. The Morgan fingerprint density at radius 3 is 2.23 bits per heavy atom. The number of carbonyl (C=O) groups excluding carboxylic acids is 3. The van der Waals surface area contributed by atoms with Crippen LogP contribution in [0.3, 0.4) is 0 Å². The number of ether oxygens (including phenoxy) is 3. The van der Waals surface area contributed by atoms with E-state index in [1.54, 1.807) is 7.05 Å². The minimum absolute atomic E-state index is 0.0482. The number of aliphatic hydroxyl groups is 2. The zero-order valence-corrected chi connectivity index (χ0v) is 31.6. The molecule has 52 heavy (non-hydrogen) atoms. The molecule has 1 heterocycles. The molecule has 3 fully saturated rings. The number of rotatable bonds is 8. The van der Waals surface area contributed by atoms with Crippen LogP contribution in [0.2, 0.25) is 0 Å². The van der Waals surface area contributed by atoms with Gasteiger partial charge in [0.1, 0.15) is 18.0 Å². The van der Waals surface area contributed by atoms with Gasteiger partial charge in [0.2, 0.25) is 0 Å². The Labute approximate surface area is 306 Å². The fourth-order valence-corrected chi connectivity index (χ4v) is 10.6. The van der Waals surface area contributed by atoms with Gasteiger partial charge >= 0.3 is 12.1 Å². The molecular weight excluding hydrogens is 662 g/mol. The van der Waals surface area contributed by atoms with E-state index in [-0.39, 0.29) is 25.0 Å². The van der Waals surface area contributed by atoms with Crippen molar-refractivity contribution in [2.75, 3.05) is 25.6 Å². The zero-order valence-electron chi connectivity index (χ0n) is 31.6. The summed E-state index contributed by atoms with van der Waals surface area (Å²) in [5.41, 5.74) is 4.46. The first-order chi connectivity index (χ1) is 24.4. The molecule has 6 rings (SSSR count). The van der Waals surface area contributed by atoms with E-state index in [0.29, 0.717) is 29.7 Å². The molecule has 1 aliphatic heterocycles. The van der Waals surface area contributed by atoms with Crippen LogP contribution in [0.25, 0.3) is 0 Å². The highest BCUT2D eigenvalue weighted by Crippen LogP contribution is 2.68. The van der Waals surface area contributed by atoms with Gasteiger partial charge in [-0.1, -0.05) is 83.1 Å². The lowest BCUT2D eigenvalue weighted by molar-refractivity contribution is -0.301. The molecule has 5 N–H and O–H groups in total. The number of anilines is 1. The number of fused-ring (bicyclic) bond motifs is 5. The molecule has 2 aromatic carbocycles. The molecule has 282 valence electrons. The average Bonchev–Trinajstić information content (AvgIpc) is 3.12. The number of Topliss-reactive ketones (excluding diaryl/α,β-unsaturated/α-hetero) is 1. The third-order valence-corrected chi connectivity index (χ3v) is 13.5. The molecule has 11 nitrogen and oxygen atoms in total. The summed E-state index contributed by atoms with van der Waals surface area (Å²) in [5, 5.41) is 28.2. The summed E-state index contributed by atoms with van der Waals surface area (Å²) >= 11 is 0. The number of benzene rings is 2. The predicted octanol–water partition coefficient (Wildman–Crippen LogP) is 5.23. The molecule has 1 saturated heterocycles. The third-order valence-electron chi connectivity index (χ3n) is 13.5. The standard InChI is InChI=1S/C41H55N3O8/c1-23-28(51-36(47)33(45)32(26-15-11-9-12-16-26)43-27-17-13-10-14-18-27)20-41(49)25(3)34-39(6)21-50-29(39)19-30(52-37(48)44(8)22-42)40(34,7)35(46)24(2)31(23)38(41,4)5/h9-18,24-25,28-30,32-34,43,45,49H,19-22,42H2,1-8H3/t24-,25+,28+,29-,30+,32+,33-,34-,39-,40-,41-/m1/s1. The van der Waals surface area contributed by atoms with Crippen molar-refractivity contribution in [3.05, 3.63) is 77.4 Å². The number of ketones is 1. The van der Waals surface area contributed by atoms with Crippen molar-refractivity contribution in [3.63, 3.8) is 0 Å². The number of nitrogens with one attached hydrogen (secondary N) is 1. The van der Waals surface area contributed by atoms with Crippen LogP contribution in [-0.2, 0) is 23.8 Å². The number of hydrogen-bond acceptors (Lipinski definition) is 10. The molecule has 0 radical (unpaired) electrons.